The van der Waals surface area contributed by atoms with Gasteiger partial charge < -0.3 is 21.3 Å². The molecule has 2 amide bonds. The number of hydrogen-bond donors (Lipinski definition) is 3. The fourth-order valence-electron chi connectivity index (χ4n) is 3.63. The van der Waals surface area contributed by atoms with E-state index in [1.54, 1.807) is 24.3 Å². The maximum Gasteiger partial charge on any atom is 0.232 e. The van der Waals surface area contributed by atoms with Crippen LogP contribution in [0.1, 0.15) is 37.2 Å². The number of nitrogens with zero attached hydrogens (tertiary/aromatic N) is 3. The number of fused-ring (bicyclic) bond motifs is 1. The van der Waals surface area contributed by atoms with Crippen LogP contribution in [-0.2, 0) is 9.59 Å². The molecule has 2 aliphatic heterocycles. The lowest BCUT2D eigenvalue weighted by molar-refractivity contribution is -0.123. The molecule has 1 saturated heterocycles. The van der Waals surface area contributed by atoms with Crippen LogP contribution in [-0.4, -0.2) is 34.9 Å². The smallest absolute Gasteiger partial charge is 0.232 e. The number of nitrogens with one attached hydrogen (secondary N) is 2. The Bertz CT molecular complexity index is 929. The summed E-state index contributed by atoms with van der Waals surface area (Å²) in [6.45, 7) is 1.70. The topological polar surface area (TPSA) is 113 Å². The summed E-state index contributed by atoms with van der Waals surface area (Å²) in [7, 11) is 0. The quantitative estimate of drug-likeness (QED) is 0.730. The zero-order valence-electron chi connectivity index (χ0n) is 15.2. The number of hydrogen-bond acceptors (Lipinski definition) is 6. The Morgan fingerprint density at radius 2 is 1.96 bits per heavy atom. The van der Waals surface area contributed by atoms with Gasteiger partial charge in [0, 0.05) is 19.5 Å². The number of benzene rings is 1. The Labute approximate surface area is 167 Å². The molecule has 0 unspecified atom stereocenters. The minimum absolute atomic E-state index is 0.0279. The van der Waals surface area contributed by atoms with Crippen LogP contribution in [0.4, 0.5) is 23.3 Å². The molecular weight excluding hydrogens is 380 g/mol. The highest BCUT2D eigenvalue weighted by molar-refractivity contribution is 6.33. The van der Waals surface area contributed by atoms with E-state index in [1.807, 2.05) is 0 Å². The van der Waals surface area contributed by atoms with Crippen molar-refractivity contribution in [1.29, 1.82) is 0 Å². The van der Waals surface area contributed by atoms with E-state index in [-0.39, 0.29) is 24.1 Å². The summed E-state index contributed by atoms with van der Waals surface area (Å²) in [6.07, 6.45) is 3.28. The third-order valence-electron chi connectivity index (χ3n) is 5.05. The molecule has 1 aromatic heterocycles. The summed E-state index contributed by atoms with van der Waals surface area (Å²) in [5.41, 5.74) is 7.14. The number of nitrogens with two attached hydrogens (primary N) is 1. The van der Waals surface area contributed by atoms with E-state index in [1.165, 1.54) is 6.42 Å². The predicted molar refractivity (Wildman–Crippen MR) is 109 cm³/mol. The first kappa shape index (κ1) is 18.5. The normalized spacial score (nSPS) is 19.0. The Morgan fingerprint density at radius 1 is 1.21 bits per heavy atom. The van der Waals surface area contributed by atoms with Gasteiger partial charge in [0.1, 0.15) is 11.6 Å². The number of piperidine rings is 1. The van der Waals surface area contributed by atoms with Gasteiger partial charge in [-0.15, -0.1) is 0 Å². The van der Waals surface area contributed by atoms with E-state index in [0.717, 1.165) is 25.9 Å². The average molecular weight is 401 g/mol. The van der Waals surface area contributed by atoms with Gasteiger partial charge in [0.15, 0.2) is 0 Å². The molecule has 0 aliphatic carbocycles. The van der Waals surface area contributed by atoms with Gasteiger partial charge in [0.2, 0.25) is 17.8 Å². The van der Waals surface area contributed by atoms with Gasteiger partial charge in [-0.3, -0.25) is 9.59 Å². The predicted octanol–water partition coefficient (Wildman–Crippen LogP) is 2.77. The number of carbonyl (C=O) groups is 2. The van der Waals surface area contributed by atoms with Crippen LogP contribution >= 0.6 is 11.6 Å². The van der Waals surface area contributed by atoms with Crippen LogP contribution in [0.3, 0.4) is 0 Å². The highest BCUT2D eigenvalue weighted by Crippen LogP contribution is 2.37. The summed E-state index contributed by atoms with van der Waals surface area (Å²) >= 11 is 6.13. The molecule has 1 aromatic carbocycles. The summed E-state index contributed by atoms with van der Waals surface area (Å²) in [6, 6.07) is 6.92. The molecule has 4 N–H and O–H groups in total. The maximum atomic E-state index is 12.9. The van der Waals surface area contributed by atoms with E-state index < -0.39 is 5.92 Å². The fraction of sp³-hybridized carbons (Fsp3) is 0.368. The summed E-state index contributed by atoms with van der Waals surface area (Å²) in [5.74, 6) is -0.424. The lowest BCUT2D eigenvalue weighted by atomic mass is 9.92. The highest BCUT2D eigenvalue weighted by Gasteiger charge is 2.35. The first-order chi connectivity index (χ1) is 13.5. The molecule has 0 saturated carbocycles. The zero-order valence-corrected chi connectivity index (χ0v) is 16.0. The van der Waals surface area contributed by atoms with Gasteiger partial charge in [-0.25, -0.2) is 0 Å². The Balaban J connectivity index is 1.65. The first-order valence-corrected chi connectivity index (χ1v) is 9.68. The lowest BCUT2D eigenvalue weighted by Gasteiger charge is -2.30. The number of carbonyl (C=O) groups excluding carboxylic acids is 2. The van der Waals surface area contributed by atoms with Gasteiger partial charge in [-0.1, -0.05) is 23.7 Å². The second kappa shape index (κ2) is 7.63. The van der Waals surface area contributed by atoms with Crippen LogP contribution in [0.25, 0.3) is 0 Å². The third-order valence-corrected chi connectivity index (χ3v) is 5.38. The number of nitrogen functional groups attached to an aromatic ring is 1. The van der Waals surface area contributed by atoms with E-state index in [0.29, 0.717) is 28.0 Å². The van der Waals surface area contributed by atoms with Gasteiger partial charge in [0.25, 0.3) is 0 Å². The van der Waals surface area contributed by atoms with E-state index in [9.17, 15) is 9.59 Å². The van der Waals surface area contributed by atoms with Crippen molar-refractivity contribution in [3.05, 3.63) is 34.9 Å². The molecule has 1 atom stereocenters. The van der Waals surface area contributed by atoms with Crippen molar-refractivity contribution in [2.45, 2.75) is 31.6 Å². The Morgan fingerprint density at radius 3 is 2.71 bits per heavy atom. The standard InChI is InChI=1S/C19H21ClN6O2/c20-12-6-2-3-7-13(12)22-18(28)11-10-14(27)23-17-15(11)16(21)24-19(25-17)26-8-4-1-5-9-26/h2-3,6-7,11H,1,4-5,8-10H2,(H,22,28)(H3,21,23,24,25,27)/t11-/m1/s1. The zero-order chi connectivity index (χ0) is 19.7. The Kier molecular flexibility index (Phi) is 5.04. The van der Waals surface area contributed by atoms with Gasteiger partial charge >= 0.3 is 0 Å². The van der Waals surface area contributed by atoms with Crippen molar-refractivity contribution in [1.82, 2.24) is 9.97 Å². The molecule has 146 valence electrons. The number of halogens is 1. The number of aromatic nitrogens is 2. The molecular formula is C19H21ClN6O2. The fourth-order valence-corrected chi connectivity index (χ4v) is 3.81. The largest absolute Gasteiger partial charge is 0.383 e. The van der Waals surface area contributed by atoms with E-state index in [4.69, 9.17) is 17.3 Å². The molecule has 4 rings (SSSR count). The van der Waals surface area contributed by atoms with Crippen molar-refractivity contribution in [2.75, 3.05) is 34.4 Å². The van der Waals surface area contributed by atoms with Gasteiger partial charge in [-0.2, -0.15) is 9.97 Å². The molecule has 2 aromatic rings. The minimum Gasteiger partial charge on any atom is -0.383 e. The van der Waals surface area contributed by atoms with Crippen molar-refractivity contribution < 1.29 is 9.59 Å². The average Bonchev–Trinajstić information content (AvgIpc) is 2.69. The number of rotatable bonds is 3. The van der Waals surface area contributed by atoms with Crippen LogP contribution in [0.2, 0.25) is 5.02 Å². The third kappa shape index (κ3) is 3.60. The van der Waals surface area contributed by atoms with E-state index in [2.05, 4.69) is 25.5 Å². The molecule has 28 heavy (non-hydrogen) atoms. The maximum absolute atomic E-state index is 12.9. The summed E-state index contributed by atoms with van der Waals surface area (Å²) < 4.78 is 0. The molecule has 2 aliphatic rings. The molecule has 0 radical (unpaired) electrons. The van der Waals surface area contributed by atoms with Crippen LogP contribution in [0.5, 0.6) is 0 Å². The molecule has 9 heteroatoms. The van der Waals surface area contributed by atoms with Crippen molar-refractivity contribution in [3.8, 4) is 0 Å². The van der Waals surface area contributed by atoms with Crippen molar-refractivity contribution in [3.63, 3.8) is 0 Å². The second-order valence-corrected chi connectivity index (χ2v) is 7.40. The number of anilines is 4. The van der Waals surface area contributed by atoms with Crippen molar-refractivity contribution >= 4 is 46.7 Å². The monoisotopic (exact) mass is 400 g/mol. The number of para-hydroxylation sites is 1. The molecule has 3 heterocycles. The van der Waals surface area contributed by atoms with Crippen LogP contribution in [0.15, 0.2) is 24.3 Å². The van der Waals surface area contributed by atoms with Gasteiger partial charge in [0.05, 0.1) is 22.2 Å². The minimum atomic E-state index is -0.782. The Hall–Kier alpha value is -2.87. The molecule has 8 nitrogen and oxygen atoms in total. The summed E-state index contributed by atoms with van der Waals surface area (Å²) in [5, 5.41) is 5.93. The molecule has 0 spiro atoms. The summed E-state index contributed by atoms with van der Waals surface area (Å²) in [4.78, 5) is 36.1. The number of amides is 2. The van der Waals surface area contributed by atoms with Crippen LogP contribution in [0, 0.1) is 0 Å². The van der Waals surface area contributed by atoms with E-state index >= 15 is 0 Å². The second-order valence-electron chi connectivity index (χ2n) is 6.99. The van der Waals surface area contributed by atoms with Gasteiger partial charge in [-0.05, 0) is 31.4 Å². The van der Waals surface area contributed by atoms with Crippen LogP contribution < -0.4 is 21.3 Å². The highest BCUT2D eigenvalue weighted by atomic mass is 35.5. The SMILES string of the molecule is Nc1nc(N2CCCCC2)nc2c1[C@H](C(=O)Nc1ccccc1Cl)CC(=O)N2. The first-order valence-electron chi connectivity index (χ1n) is 9.30. The lowest BCUT2D eigenvalue weighted by Crippen LogP contribution is -2.35. The molecule has 0 bridgehead atoms. The molecule has 1 fully saturated rings. The van der Waals surface area contributed by atoms with Crippen molar-refractivity contribution in [2.24, 2.45) is 0 Å².